The zero-order valence-corrected chi connectivity index (χ0v) is 13.6. The molecule has 3 rings (SSSR count). The fourth-order valence-corrected chi connectivity index (χ4v) is 3.24. The molecule has 0 aliphatic heterocycles. The number of halogens is 3. The van der Waals surface area contributed by atoms with Gasteiger partial charge in [0.2, 0.25) is 0 Å². The van der Waals surface area contributed by atoms with E-state index in [-0.39, 0.29) is 5.52 Å². The molecule has 0 saturated heterocycles. The molecule has 0 N–H and O–H groups in total. The van der Waals surface area contributed by atoms with Gasteiger partial charge in [-0.15, -0.1) is 0 Å². The largest absolute Gasteiger partial charge is 0.416 e. The fourth-order valence-electron chi connectivity index (χ4n) is 2.39. The molecule has 0 amide bonds. The summed E-state index contributed by atoms with van der Waals surface area (Å²) in [6.45, 7) is 1.76. The van der Waals surface area contributed by atoms with E-state index in [1.165, 1.54) is 18.6 Å². The molecular weight excluding hydrogens is 341 g/mol. The minimum absolute atomic E-state index is 0.203. The third-order valence-corrected chi connectivity index (χ3v) is 4.92. The number of rotatable bonds is 3. The summed E-state index contributed by atoms with van der Waals surface area (Å²) in [4.78, 5) is 12.7. The van der Waals surface area contributed by atoms with E-state index in [1.54, 1.807) is 18.5 Å². The Labute approximate surface area is 138 Å². The smallest absolute Gasteiger partial charge is 0.326 e. The Hall–Kier alpha value is -2.29. The van der Waals surface area contributed by atoms with Gasteiger partial charge in [0.05, 0.1) is 32.3 Å². The van der Waals surface area contributed by atoms with Crippen molar-refractivity contribution in [3.8, 4) is 11.5 Å². The average molecular weight is 354 g/mol. The Morgan fingerprint density at radius 2 is 2.04 bits per heavy atom. The maximum Gasteiger partial charge on any atom is 0.416 e. The summed E-state index contributed by atoms with van der Waals surface area (Å²) in [7, 11) is 0.370. The highest BCUT2D eigenvalue weighted by atomic mass is 32.2. The molecule has 0 aliphatic carbocycles. The van der Waals surface area contributed by atoms with Crippen LogP contribution in [0.15, 0.2) is 35.6 Å². The van der Waals surface area contributed by atoms with E-state index in [0.29, 0.717) is 27.7 Å². The first-order chi connectivity index (χ1) is 11.3. The summed E-state index contributed by atoms with van der Waals surface area (Å²) in [6, 6.07) is 3.38. The van der Waals surface area contributed by atoms with Crippen molar-refractivity contribution in [1.82, 2.24) is 19.5 Å². The highest BCUT2D eigenvalue weighted by Crippen LogP contribution is 2.33. The van der Waals surface area contributed by atoms with Crippen molar-refractivity contribution in [3.63, 3.8) is 0 Å². The second kappa shape index (κ2) is 5.97. The molecule has 0 radical (unpaired) electrons. The van der Waals surface area contributed by atoms with Gasteiger partial charge in [-0.1, -0.05) is 6.92 Å². The number of hydrogen-bond acceptors (Lipinski definition) is 4. The summed E-state index contributed by atoms with van der Waals surface area (Å²) in [5, 5.41) is 0. The van der Waals surface area contributed by atoms with Crippen LogP contribution in [0, 0.1) is 0 Å². The molecule has 1 atom stereocenters. The van der Waals surface area contributed by atoms with Crippen LogP contribution in [0.1, 0.15) is 12.5 Å². The van der Waals surface area contributed by atoms with Crippen LogP contribution in [0.4, 0.5) is 13.2 Å². The Balaban J connectivity index is 2.22. The molecule has 2 aromatic heterocycles. The molecule has 1 aromatic carbocycles. The molecule has 24 heavy (non-hydrogen) atoms. The van der Waals surface area contributed by atoms with Gasteiger partial charge < -0.3 is 4.57 Å². The number of fused-ring (bicyclic) bond motifs is 1. The summed E-state index contributed by atoms with van der Waals surface area (Å²) in [5.74, 6) is 0.728. The third kappa shape index (κ3) is 2.79. The van der Waals surface area contributed by atoms with Gasteiger partial charge in [-0.3, -0.25) is 4.21 Å². The van der Waals surface area contributed by atoms with Crippen molar-refractivity contribution in [1.29, 1.82) is 0 Å². The van der Waals surface area contributed by atoms with Crippen molar-refractivity contribution < 1.29 is 17.4 Å². The van der Waals surface area contributed by atoms with Gasteiger partial charge in [0, 0.05) is 19.0 Å². The van der Waals surface area contributed by atoms with Crippen molar-refractivity contribution in [2.24, 2.45) is 7.05 Å². The summed E-state index contributed by atoms with van der Waals surface area (Å²) >= 11 is 0. The average Bonchev–Trinajstić information content (AvgIpc) is 2.89. The normalized spacial score (nSPS) is 13.4. The fraction of sp³-hybridized carbons (Fsp3) is 0.267. The Bertz CT molecular complexity index is 936. The number of nitrogens with zero attached hydrogens (tertiary/aromatic N) is 4. The van der Waals surface area contributed by atoms with E-state index in [0.717, 1.165) is 12.1 Å². The topological polar surface area (TPSA) is 60.7 Å². The van der Waals surface area contributed by atoms with Crippen LogP contribution in [0.5, 0.6) is 0 Å². The molecule has 2 heterocycles. The van der Waals surface area contributed by atoms with E-state index >= 15 is 0 Å². The Kier molecular flexibility index (Phi) is 4.12. The molecule has 0 spiro atoms. The molecule has 0 aliphatic rings. The monoisotopic (exact) mass is 354 g/mol. The maximum atomic E-state index is 12.9. The number of imidazole rings is 1. The first-order valence-corrected chi connectivity index (χ1v) is 8.37. The lowest BCUT2D eigenvalue weighted by Crippen LogP contribution is -2.04. The highest BCUT2D eigenvalue weighted by Gasteiger charge is 2.31. The quantitative estimate of drug-likeness (QED) is 0.725. The minimum atomic E-state index is -4.43. The number of alkyl halides is 3. The van der Waals surface area contributed by atoms with E-state index in [9.17, 15) is 17.4 Å². The summed E-state index contributed by atoms with van der Waals surface area (Å²) in [5.41, 5.74) is 0.330. The highest BCUT2D eigenvalue weighted by molar-refractivity contribution is 7.85. The van der Waals surface area contributed by atoms with E-state index in [1.807, 2.05) is 0 Å². The summed E-state index contributed by atoms with van der Waals surface area (Å²) in [6.07, 6.45) is -1.69. The standard InChI is InChI=1S/C15H13F3N4OS/c1-3-24(23)12-7-19-8-20-13(12)14-21-10-6-9(15(16,17)18)4-5-11(10)22(14)2/h4-8H,3H2,1-2H3. The predicted octanol–water partition coefficient (Wildman–Crippen LogP) is 3.18. The van der Waals surface area contributed by atoms with Gasteiger partial charge in [-0.25, -0.2) is 15.0 Å². The number of benzene rings is 1. The molecular formula is C15H13F3N4OS. The van der Waals surface area contributed by atoms with Crippen LogP contribution in [0.2, 0.25) is 0 Å². The molecule has 3 aromatic rings. The lowest BCUT2D eigenvalue weighted by Gasteiger charge is -2.07. The van der Waals surface area contributed by atoms with Gasteiger partial charge in [0.15, 0.2) is 5.82 Å². The van der Waals surface area contributed by atoms with Crippen molar-refractivity contribution in [3.05, 3.63) is 36.3 Å². The van der Waals surface area contributed by atoms with Crippen LogP contribution in [-0.4, -0.2) is 29.5 Å². The minimum Gasteiger partial charge on any atom is -0.326 e. The van der Waals surface area contributed by atoms with Gasteiger partial charge in [-0.05, 0) is 18.2 Å². The van der Waals surface area contributed by atoms with Crippen LogP contribution in [-0.2, 0) is 24.0 Å². The molecule has 0 bridgehead atoms. The van der Waals surface area contributed by atoms with Crippen LogP contribution >= 0.6 is 0 Å². The Morgan fingerprint density at radius 3 is 2.71 bits per heavy atom. The van der Waals surface area contributed by atoms with Crippen molar-refractivity contribution >= 4 is 21.8 Å². The lowest BCUT2D eigenvalue weighted by molar-refractivity contribution is -0.137. The van der Waals surface area contributed by atoms with E-state index in [4.69, 9.17) is 0 Å². The number of hydrogen-bond donors (Lipinski definition) is 0. The molecule has 5 nitrogen and oxygen atoms in total. The van der Waals surface area contributed by atoms with Crippen LogP contribution in [0.25, 0.3) is 22.6 Å². The number of aryl methyl sites for hydroxylation is 1. The van der Waals surface area contributed by atoms with Crippen molar-refractivity contribution in [2.45, 2.75) is 18.0 Å². The first kappa shape index (κ1) is 16.6. The zero-order chi connectivity index (χ0) is 17.5. The van der Waals surface area contributed by atoms with Gasteiger partial charge >= 0.3 is 6.18 Å². The van der Waals surface area contributed by atoms with Crippen LogP contribution in [0.3, 0.4) is 0 Å². The predicted molar refractivity (Wildman–Crippen MR) is 83.7 cm³/mol. The Morgan fingerprint density at radius 1 is 1.29 bits per heavy atom. The van der Waals surface area contributed by atoms with Crippen LogP contribution < -0.4 is 0 Å². The molecule has 9 heteroatoms. The van der Waals surface area contributed by atoms with E-state index < -0.39 is 22.5 Å². The SMILES string of the molecule is CCS(=O)c1cncnc1-c1nc2cc(C(F)(F)F)ccc2n1C. The molecule has 0 fully saturated rings. The van der Waals surface area contributed by atoms with Crippen molar-refractivity contribution in [2.75, 3.05) is 5.75 Å². The van der Waals surface area contributed by atoms with E-state index in [2.05, 4.69) is 15.0 Å². The number of aromatic nitrogens is 4. The molecule has 1 unspecified atom stereocenters. The van der Waals surface area contributed by atoms with Gasteiger partial charge in [0.25, 0.3) is 0 Å². The zero-order valence-electron chi connectivity index (χ0n) is 12.8. The molecule has 0 saturated carbocycles. The van der Waals surface area contributed by atoms with Gasteiger partial charge in [-0.2, -0.15) is 13.2 Å². The maximum absolute atomic E-state index is 12.9. The molecule has 126 valence electrons. The van der Waals surface area contributed by atoms with Gasteiger partial charge in [0.1, 0.15) is 12.0 Å². The first-order valence-electron chi connectivity index (χ1n) is 7.05. The third-order valence-electron chi connectivity index (χ3n) is 3.61. The second-order valence-electron chi connectivity index (χ2n) is 5.07. The lowest BCUT2D eigenvalue weighted by atomic mass is 10.2. The second-order valence-corrected chi connectivity index (χ2v) is 6.77. The summed E-state index contributed by atoms with van der Waals surface area (Å²) < 4.78 is 52.4.